The standard InChI is InChI=1S/C18H23ClN2O4/c1-12-6-5-9-21(11-12)17-13(19)7-4-8-14(17)20-15(18(23)25-3)10-16(22)24-2/h4,7-8,10,12,20H,5-6,9,11H2,1-3H3/b15-10+. The van der Waals surface area contributed by atoms with Crippen molar-refractivity contribution in [2.24, 2.45) is 5.92 Å². The smallest absolute Gasteiger partial charge is 0.354 e. The second-order valence-corrected chi connectivity index (χ2v) is 6.43. The Hall–Kier alpha value is -2.21. The number of hydrogen-bond donors (Lipinski definition) is 1. The van der Waals surface area contributed by atoms with Crippen LogP contribution in [0.4, 0.5) is 11.4 Å². The summed E-state index contributed by atoms with van der Waals surface area (Å²) >= 11 is 6.43. The fraction of sp³-hybridized carbons (Fsp3) is 0.444. The molecule has 1 heterocycles. The molecule has 1 aliphatic heterocycles. The van der Waals surface area contributed by atoms with Gasteiger partial charge in [0.2, 0.25) is 0 Å². The molecule has 0 aromatic heterocycles. The third kappa shape index (κ3) is 4.89. The van der Waals surface area contributed by atoms with Crippen molar-refractivity contribution in [1.29, 1.82) is 0 Å². The van der Waals surface area contributed by atoms with E-state index in [4.69, 9.17) is 16.3 Å². The summed E-state index contributed by atoms with van der Waals surface area (Å²) in [5.74, 6) is -0.755. The highest BCUT2D eigenvalue weighted by molar-refractivity contribution is 6.34. The van der Waals surface area contributed by atoms with Crippen molar-refractivity contribution in [3.8, 4) is 0 Å². The van der Waals surface area contributed by atoms with Gasteiger partial charge in [-0.05, 0) is 30.9 Å². The summed E-state index contributed by atoms with van der Waals surface area (Å²) in [5, 5.41) is 3.56. The third-order valence-corrected chi connectivity index (χ3v) is 4.40. The molecule has 0 radical (unpaired) electrons. The molecule has 0 saturated carbocycles. The van der Waals surface area contributed by atoms with Gasteiger partial charge in [-0.15, -0.1) is 0 Å². The number of methoxy groups -OCH3 is 2. The molecule has 6 nitrogen and oxygen atoms in total. The Bertz CT molecular complexity index is 675. The SMILES string of the molecule is COC(=O)/C=C(/Nc1cccc(Cl)c1N1CCCC(C)C1)C(=O)OC. The minimum atomic E-state index is -0.664. The fourth-order valence-electron chi connectivity index (χ4n) is 2.91. The quantitative estimate of drug-likeness (QED) is 0.637. The number of carbonyl (C=O) groups excluding carboxylic acids is 2. The van der Waals surface area contributed by atoms with Gasteiger partial charge in [0.15, 0.2) is 0 Å². The number of para-hydroxylation sites is 1. The van der Waals surface area contributed by atoms with Gasteiger partial charge in [-0.25, -0.2) is 9.59 Å². The van der Waals surface area contributed by atoms with E-state index < -0.39 is 11.9 Å². The fourth-order valence-corrected chi connectivity index (χ4v) is 3.20. The number of rotatable bonds is 5. The predicted octanol–water partition coefficient (Wildman–Crippen LogP) is 3.22. The average Bonchev–Trinajstić information content (AvgIpc) is 2.60. The van der Waals surface area contributed by atoms with Crippen LogP contribution in [0, 0.1) is 5.92 Å². The molecule has 1 fully saturated rings. The first-order chi connectivity index (χ1) is 12.0. The maximum absolute atomic E-state index is 12.0. The maximum atomic E-state index is 12.0. The van der Waals surface area contributed by atoms with Crippen molar-refractivity contribution in [2.75, 3.05) is 37.5 Å². The summed E-state index contributed by atoms with van der Waals surface area (Å²) in [6.07, 6.45) is 3.32. The molecular weight excluding hydrogens is 344 g/mol. The van der Waals surface area contributed by atoms with Crippen molar-refractivity contribution >= 4 is 34.9 Å². The molecule has 1 unspecified atom stereocenters. The number of nitrogens with one attached hydrogen (secondary N) is 1. The van der Waals surface area contributed by atoms with Crippen LogP contribution < -0.4 is 10.2 Å². The van der Waals surface area contributed by atoms with Crippen molar-refractivity contribution in [1.82, 2.24) is 0 Å². The van der Waals surface area contributed by atoms with E-state index in [1.807, 2.05) is 12.1 Å². The Morgan fingerprint density at radius 2 is 2.08 bits per heavy atom. The largest absolute Gasteiger partial charge is 0.466 e. The lowest BCUT2D eigenvalue weighted by molar-refractivity contribution is -0.138. The maximum Gasteiger partial charge on any atom is 0.354 e. The molecule has 7 heteroatoms. The van der Waals surface area contributed by atoms with E-state index in [1.165, 1.54) is 20.6 Å². The molecule has 1 saturated heterocycles. The average molecular weight is 367 g/mol. The van der Waals surface area contributed by atoms with Gasteiger partial charge < -0.3 is 19.7 Å². The van der Waals surface area contributed by atoms with E-state index in [2.05, 4.69) is 21.9 Å². The first-order valence-electron chi connectivity index (χ1n) is 8.14. The second kappa shape index (κ2) is 8.76. The summed E-state index contributed by atoms with van der Waals surface area (Å²) in [6.45, 7) is 3.97. The zero-order chi connectivity index (χ0) is 18.4. The van der Waals surface area contributed by atoms with Crippen molar-refractivity contribution in [2.45, 2.75) is 19.8 Å². The number of halogens is 1. The molecule has 2 rings (SSSR count). The van der Waals surface area contributed by atoms with Gasteiger partial charge in [0.1, 0.15) is 5.70 Å². The van der Waals surface area contributed by atoms with E-state index >= 15 is 0 Å². The molecule has 1 atom stereocenters. The molecule has 0 bridgehead atoms. The minimum Gasteiger partial charge on any atom is -0.466 e. The summed E-state index contributed by atoms with van der Waals surface area (Å²) < 4.78 is 9.34. The van der Waals surface area contributed by atoms with Crippen LogP contribution in [0.2, 0.25) is 5.02 Å². The number of piperidine rings is 1. The van der Waals surface area contributed by atoms with E-state index in [1.54, 1.807) is 6.07 Å². The van der Waals surface area contributed by atoms with Gasteiger partial charge in [0, 0.05) is 13.1 Å². The van der Waals surface area contributed by atoms with Gasteiger partial charge >= 0.3 is 11.9 Å². The lowest BCUT2D eigenvalue weighted by atomic mass is 9.99. The highest BCUT2D eigenvalue weighted by atomic mass is 35.5. The Morgan fingerprint density at radius 3 is 2.72 bits per heavy atom. The van der Waals surface area contributed by atoms with E-state index in [0.717, 1.165) is 31.3 Å². The number of hydrogen-bond acceptors (Lipinski definition) is 6. The molecular formula is C18H23ClN2O4. The van der Waals surface area contributed by atoms with Gasteiger partial charge in [-0.3, -0.25) is 0 Å². The van der Waals surface area contributed by atoms with E-state index in [0.29, 0.717) is 16.6 Å². The number of esters is 2. The molecule has 1 aromatic carbocycles. The highest BCUT2D eigenvalue weighted by Gasteiger charge is 2.23. The van der Waals surface area contributed by atoms with Crippen LogP contribution in [0.5, 0.6) is 0 Å². The highest BCUT2D eigenvalue weighted by Crippen LogP contribution is 2.37. The lowest BCUT2D eigenvalue weighted by Crippen LogP contribution is -2.35. The number of nitrogens with zero attached hydrogens (tertiary/aromatic N) is 1. The van der Waals surface area contributed by atoms with E-state index in [-0.39, 0.29) is 5.70 Å². The van der Waals surface area contributed by atoms with E-state index in [9.17, 15) is 9.59 Å². The number of anilines is 2. The van der Waals surface area contributed by atoms with Crippen LogP contribution in [0.25, 0.3) is 0 Å². The molecule has 0 aliphatic carbocycles. The van der Waals surface area contributed by atoms with Crippen LogP contribution in [0.3, 0.4) is 0 Å². The molecule has 136 valence electrons. The van der Waals surface area contributed by atoms with Crippen molar-refractivity contribution in [3.05, 3.63) is 35.0 Å². The van der Waals surface area contributed by atoms with Crippen LogP contribution in [0.15, 0.2) is 30.0 Å². The summed E-state index contributed by atoms with van der Waals surface area (Å²) in [6, 6.07) is 5.41. The topological polar surface area (TPSA) is 67.9 Å². The Kier molecular flexibility index (Phi) is 6.70. The summed E-state index contributed by atoms with van der Waals surface area (Å²) in [4.78, 5) is 25.7. The number of carbonyl (C=O) groups is 2. The monoisotopic (exact) mass is 366 g/mol. The molecule has 1 aromatic rings. The zero-order valence-electron chi connectivity index (χ0n) is 14.7. The first-order valence-corrected chi connectivity index (χ1v) is 8.52. The summed E-state index contributed by atoms with van der Waals surface area (Å²) in [7, 11) is 2.49. The van der Waals surface area contributed by atoms with Crippen molar-refractivity contribution < 1.29 is 19.1 Å². The third-order valence-electron chi connectivity index (χ3n) is 4.10. The molecule has 0 spiro atoms. The van der Waals surface area contributed by atoms with Crippen molar-refractivity contribution in [3.63, 3.8) is 0 Å². The Labute approximate surface area is 152 Å². The first kappa shape index (κ1) is 19.1. The second-order valence-electron chi connectivity index (χ2n) is 6.03. The zero-order valence-corrected chi connectivity index (χ0v) is 15.4. The molecule has 0 amide bonds. The summed E-state index contributed by atoms with van der Waals surface area (Å²) in [5.41, 5.74) is 1.44. The molecule has 25 heavy (non-hydrogen) atoms. The van der Waals surface area contributed by atoms with Crippen LogP contribution in [-0.2, 0) is 19.1 Å². The van der Waals surface area contributed by atoms with Gasteiger partial charge in [0.05, 0.1) is 36.7 Å². The predicted molar refractivity (Wildman–Crippen MR) is 97.8 cm³/mol. The molecule has 1 aliphatic rings. The van der Waals surface area contributed by atoms with Crippen LogP contribution >= 0.6 is 11.6 Å². The van der Waals surface area contributed by atoms with Gasteiger partial charge in [0.25, 0.3) is 0 Å². The Morgan fingerprint density at radius 1 is 1.32 bits per heavy atom. The molecule has 1 N–H and O–H groups in total. The Balaban J connectivity index is 2.37. The minimum absolute atomic E-state index is 0.0112. The van der Waals surface area contributed by atoms with Crippen LogP contribution in [-0.4, -0.2) is 39.2 Å². The number of ether oxygens (including phenoxy) is 2. The van der Waals surface area contributed by atoms with Crippen LogP contribution in [0.1, 0.15) is 19.8 Å². The van der Waals surface area contributed by atoms with Gasteiger partial charge in [-0.1, -0.05) is 24.6 Å². The lowest BCUT2D eigenvalue weighted by Gasteiger charge is -2.34. The normalized spacial score (nSPS) is 17.8. The van der Waals surface area contributed by atoms with Gasteiger partial charge in [-0.2, -0.15) is 0 Å². The number of benzene rings is 1.